The van der Waals surface area contributed by atoms with Crippen LogP contribution < -0.4 is 15.9 Å². The molecular formula is C42H27N4P. The highest BCUT2D eigenvalue weighted by Gasteiger charge is 2.21. The average molecular weight is 619 g/mol. The second-order valence-electron chi connectivity index (χ2n) is 11.6. The molecule has 0 aliphatic carbocycles. The summed E-state index contributed by atoms with van der Waals surface area (Å²) in [7, 11) is -0.804. The molecule has 4 aromatic heterocycles. The number of aromatic nitrogens is 4. The van der Waals surface area contributed by atoms with E-state index in [-0.39, 0.29) is 0 Å². The van der Waals surface area contributed by atoms with Crippen molar-refractivity contribution in [1.82, 2.24) is 19.9 Å². The van der Waals surface area contributed by atoms with Crippen LogP contribution in [0.15, 0.2) is 164 Å². The first-order chi connectivity index (χ1) is 23.3. The van der Waals surface area contributed by atoms with Crippen molar-refractivity contribution in [3.05, 3.63) is 164 Å². The van der Waals surface area contributed by atoms with Gasteiger partial charge in [-0.3, -0.25) is 9.97 Å². The Bertz CT molecular complexity index is 2550. The zero-order chi connectivity index (χ0) is 31.2. The lowest BCUT2D eigenvalue weighted by Gasteiger charge is -2.22. The van der Waals surface area contributed by atoms with Gasteiger partial charge in [-0.1, -0.05) is 115 Å². The van der Waals surface area contributed by atoms with Crippen LogP contribution in [0.4, 0.5) is 0 Å². The minimum Gasteiger partial charge on any atom is -0.254 e. The van der Waals surface area contributed by atoms with Crippen molar-refractivity contribution in [3.63, 3.8) is 0 Å². The van der Waals surface area contributed by atoms with Crippen LogP contribution in [-0.2, 0) is 0 Å². The van der Waals surface area contributed by atoms with E-state index in [9.17, 15) is 0 Å². The van der Waals surface area contributed by atoms with E-state index in [0.29, 0.717) is 0 Å². The third kappa shape index (κ3) is 4.91. The molecule has 5 aromatic carbocycles. The Morgan fingerprint density at radius 1 is 0.383 bits per heavy atom. The Morgan fingerprint density at radius 3 is 1.62 bits per heavy atom. The van der Waals surface area contributed by atoms with Gasteiger partial charge in [-0.15, -0.1) is 0 Å². The molecule has 0 N–H and O–H groups in total. The molecule has 9 rings (SSSR count). The summed E-state index contributed by atoms with van der Waals surface area (Å²) in [5.41, 5.74) is 7.54. The summed E-state index contributed by atoms with van der Waals surface area (Å²) in [6, 6.07) is 53.4. The van der Waals surface area contributed by atoms with E-state index >= 15 is 0 Å². The Kier molecular flexibility index (Phi) is 6.73. The third-order valence-corrected chi connectivity index (χ3v) is 11.2. The Morgan fingerprint density at radius 2 is 0.936 bits per heavy atom. The van der Waals surface area contributed by atoms with E-state index in [1.807, 2.05) is 24.5 Å². The molecule has 0 fully saturated rings. The first-order valence-electron chi connectivity index (χ1n) is 15.6. The number of pyridine rings is 4. The zero-order valence-corrected chi connectivity index (χ0v) is 26.2. The SMILES string of the molecule is c1ccc(P(c2ccccc2)c2cc3ccc(-c4cccc(-c5ccc6ccc7cccnc7c6n5)c4)nc3c3ncccc23)cc1. The topological polar surface area (TPSA) is 51.6 Å². The van der Waals surface area contributed by atoms with E-state index < -0.39 is 7.92 Å². The van der Waals surface area contributed by atoms with E-state index in [2.05, 4.69) is 145 Å². The van der Waals surface area contributed by atoms with Gasteiger partial charge in [-0.25, -0.2) is 9.97 Å². The Hall–Kier alpha value is -5.83. The van der Waals surface area contributed by atoms with Gasteiger partial charge in [0, 0.05) is 45.1 Å². The molecule has 0 saturated heterocycles. The summed E-state index contributed by atoms with van der Waals surface area (Å²) >= 11 is 0. The van der Waals surface area contributed by atoms with Crippen LogP contribution in [-0.4, -0.2) is 19.9 Å². The number of nitrogens with zero attached hydrogens (tertiary/aromatic N) is 4. The summed E-state index contributed by atoms with van der Waals surface area (Å²) in [6.45, 7) is 0. The van der Waals surface area contributed by atoms with E-state index in [1.165, 1.54) is 15.9 Å². The van der Waals surface area contributed by atoms with Crippen LogP contribution in [0, 0.1) is 0 Å². The second-order valence-corrected chi connectivity index (χ2v) is 13.7. The van der Waals surface area contributed by atoms with Crippen LogP contribution in [0.2, 0.25) is 0 Å². The van der Waals surface area contributed by atoms with Gasteiger partial charge in [0.05, 0.1) is 33.5 Å². The summed E-state index contributed by atoms with van der Waals surface area (Å²) in [6.07, 6.45) is 3.70. The molecule has 0 unspecified atom stereocenters. The van der Waals surface area contributed by atoms with Crippen LogP contribution >= 0.6 is 7.92 Å². The normalized spacial score (nSPS) is 11.6. The van der Waals surface area contributed by atoms with Crippen molar-refractivity contribution in [2.24, 2.45) is 0 Å². The average Bonchev–Trinajstić information content (AvgIpc) is 3.15. The molecule has 0 spiro atoms. The van der Waals surface area contributed by atoms with Crippen molar-refractivity contribution in [2.75, 3.05) is 0 Å². The standard InChI is InChI=1S/C42H27N4P/c1-3-13-33(14-4-1)47(34-15-5-2-6-16-34)38-27-32-21-23-37(46-41(32)42-35(38)17-9-25-44-42)31-11-7-10-30(26-31)36-22-20-29-19-18-28-12-8-24-43-39(28)40(29)45-36/h1-27H. The van der Waals surface area contributed by atoms with Gasteiger partial charge in [-0.2, -0.15) is 0 Å². The number of hydrogen-bond acceptors (Lipinski definition) is 4. The van der Waals surface area contributed by atoms with Crippen LogP contribution in [0.1, 0.15) is 0 Å². The van der Waals surface area contributed by atoms with Crippen molar-refractivity contribution < 1.29 is 0 Å². The van der Waals surface area contributed by atoms with Crippen molar-refractivity contribution in [3.8, 4) is 22.5 Å². The fraction of sp³-hybridized carbons (Fsp3) is 0. The lowest BCUT2D eigenvalue weighted by molar-refractivity contribution is 1.36. The predicted octanol–water partition coefficient (Wildman–Crippen LogP) is 8.97. The van der Waals surface area contributed by atoms with Gasteiger partial charge in [0.2, 0.25) is 0 Å². The molecule has 4 nitrogen and oxygen atoms in total. The van der Waals surface area contributed by atoms with E-state index in [1.54, 1.807) is 0 Å². The van der Waals surface area contributed by atoms with Gasteiger partial charge in [0.1, 0.15) is 0 Å². The van der Waals surface area contributed by atoms with Crippen LogP contribution in [0.3, 0.4) is 0 Å². The minimum absolute atomic E-state index is 0.804. The molecule has 0 bridgehead atoms. The smallest absolute Gasteiger partial charge is 0.0972 e. The molecule has 47 heavy (non-hydrogen) atoms. The summed E-state index contributed by atoms with van der Waals surface area (Å²) < 4.78 is 0. The third-order valence-electron chi connectivity index (χ3n) is 8.68. The molecule has 5 heteroatoms. The van der Waals surface area contributed by atoms with Gasteiger partial charge in [0.25, 0.3) is 0 Å². The van der Waals surface area contributed by atoms with Gasteiger partial charge in [-0.05, 0) is 60.2 Å². The summed E-state index contributed by atoms with van der Waals surface area (Å²) in [4.78, 5) is 19.9. The molecule has 0 saturated carbocycles. The first-order valence-corrected chi connectivity index (χ1v) is 17.0. The maximum Gasteiger partial charge on any atom is 0.0972 e. The second kappa shape index (κ2) is 11.5. The summed E-state index contributed by atoms with van der Waals surface area (Å²) in [5, 5.41) is 8.29. The molecule has 0 amide bonds. The largest absolute Gasteiger partial charge is 0.254 e. The molecule has 4 heterocycles. The Balaban J connectivity index is 1.18. The van der Waals surface area contributed by atoms with Crippen molar-refractivity contribution in [1.29, 1.82) is 0 Å². The molecule has 220 valence electrons. The molecule has 0 aliphatic heterocycles. The maximum absolute atomic E-state index is 5.26. The van der Waals surface area contributed by atoms with E-state index in [4.69, 9.17) is 15.0 Å². The highest BCUT2D eigenvalue weighted by atomic mass is 31.1. The first kappa shape index (κ1) is 27.5. The van der Waals surface area contributed by atoms with Gasteiger partial charge < -0.3 is 0 Å². The van der Waals surface area contributed by atoms with Crippen LogP contribution in [0.5, 0.6) is 0 Å². The molecule has 0 radical (unpaired) electrons. The monoisotopic (exact) mass is 618 g/mol. The molecular weight excluding hydrogens is 591 g/mol. The Labute approximate surface area is 273 Å². The predicted molar refractivity (Wildman–Crippen MR) is 197 cm³/mol. The molecule has 9 aromatic rings. The highest BCUT2D eigenvalue weighted by Crippen LogP contribution is 2.38. The van der Waals surface area contributed by atoms with Crippen LogP contribution in [0.25, 0.3) is 66.1 Å². The fourth-order valence-corrected chi connectivity index (χ4v) is 8.94. The number of hydrogen-bond donors (Lipinski definition) is 0. The summed E-state index contributed by atoms with van der Waals surface area (Å²) in [5.74, 6) is 0. The van der Waals surface area contributed by atoms with Crippen molar-refractivity contribution in [2.45, 2.75) is 0 Å². The molecule has 0 atom stereocenters. The van der Waals surface area contributed by atoms with Gasteiger partial charge in [0.15, 0.2) is 0 Å². The van der Waals surface area contributed by atoms with Crippen molar-refractivity contribution >= 4 is 67.4 Å². The molecule has 0 aliphatic rings. The lowest BCUT2D eigenvalue weighted by atomic mass is 10.0. The number of rotatable bonds is 5. The zero-order valence-electron chi connectivity index (χ0n) is 25.3. The minimum atomic E-state index is -0.804. The quantitative estimate of drug-likeness (QED) is 0.143. The highest BCUT2D eigenvalue weighted by molar-refractivity contribution is 7.80. The number of benzene rings is 5. The number of fused-ring (bicyclic) bond motifs is 6. The fourth-order valence-electron chi connectivity index (χ4n) is 6.45. The maximum atomic E-state index is 5.26. The van der Waals surface area contributed by atoms with E-state index in [0.717, 1.165) is 66.1 Å². The lowest BCUT2D eigenvalue weighted by Crippen LogP contribution is -2.21. The van der Waals surface area contributed by atoms with Gasteiger partial charge >= 0.3 is 0 Å².